The van der Waals surface area contributed by atoms with Gasteiger partial charge in [-0.05, 0) is 24.1 Å². The van der Waals surface area contributed by atoms with Gasteiger partial charge in [-0.3, -0.25) is 14.8 Å². The fourth-order valence-electron chi connectivity index (χ4n) is 3.86. The Morgan fingerprint density at radius 2 is 1.83 bits per heavy atom. The molecule has 0 saturated heterocycles. The molecule has 0 spiro atoms. The summed E-state index contributed by atoms with van der Waals surface area (Å²) in [4.78, 5) is 9.09. The predicted octanol–water partition coefficient (Wildman–Crippen LogP) is 2.68. The van der Waals surface area contributed by atoms with Crippen LogP contribution in [0.4, 0.5) is 0 Å². The summed E-state index contributed by atoms with van der Waals surface area (Å²) in [7, 11) is 0. The summed E-state index contributed by atoms with van der Waals surface area (Å²) in [6.07, 6.45) is 10.7. The van der Waals surface area contributed by atoms with E-state index >= 15 is 0 Å². The van der Waals surface area contributed by atoms with Crippen LogP contribution in [0.2, 0.25) is 0 Å². The maximum atomic E-state index is 9.78. The van der Waals surface area contributed by atoms with Crippen molar-refractivity contribution in [2.24, 2.45) is 0 Å². The number of nitrogens with zero attached hydrogens (tertiary/aromatic N) is 3. The molecule has 2 aromatic rings. The van der Waals surface area contributed by atoms with E-state index in [0.29, 0.717) is 13.1 Å². The summed E-state index contributed by atoms with van der Waals surface area (Å²) in [5.74, 6) is 0.850. The van der Waals surface area contributed by atoms with Crippen molar-refractivity contribution in [3.63, 3.8) is 0 Å². The van der Waals surface area contributed by atoms with Crippen LogP contribution in [0.1, 0.15) is 11.3 Å². The molecule has 2 unspecified atom stereocenters. The van der Waals surface area contributed by atoms with Gasteiger partial charge in [-0.2, -0.15) is 0 Å². The minimum Gasteiger partial charge on any atom is -0.485 e. The topological polar surface area (TPSA) is 48.8 Å². The van der Waals surface area contributed by atoms with Gasteiger partial charge in [0.25, 0.3) is 0 Å². The van der Waals surface area contributed by atoms with Gasteiger partial charge in [0.15, 0.2) is 0 Å². The van der Waals surface area contributed by atoms with E-state index in [1.165, 1.54) is 5.56 Å². The number of pyridine rings is 1. The van der Waals surface area contributed by atoms with Crippen LogP contribution in [0.5, 0.6) is 5.75 Å². The fraction of sp³-hybridized carbons (Fsp3) is 0.375. The Morgan fingerprint density at radius 3 is 2.69 bits per heavy atom. The molecule has 1 aromatic carbocycles. The zero-order valence-electron chi connectivity index (χ0n) is 16.7. The van der Waals surface area contributed by atoms with Gasteiger partial charge in [0.2, 0.25) is 0 Å². The van der Waals surface area contributed by atoms with Crippen LogP contribution in [0.15, 0.2) is 73.0 Å². The first-order valence-electron chi connectivity index (χ1n) is 10.4. The molecule has 1 aromatic heterocycles. The second-order valence-electron chi connectivity index (χ2n) is 7.75. The lowest BCUT2D eigenvalue weighted by Gasteiger charge is -2.29. The van der Waals surface area contributed by atoms with Crippen LogP contribution in [0, 0.1) is 0 Å². The average Bonchev–Trinajstić information content (AvgIpc) is 2.74. The summed E-state index contributed by atoms with van der Waals surface area (Å²) >= 11 is 0. The van der Waals surface area contributed by atoms with Gasteiger partial charge in [-0.25, -0.2) is 0 Å². The van der Waals surface area contributed by atoms with E-state index in [9.17, 15) is 5.11 Å². The quantitative estimate of drug-likeness (QED) is 0.736. The maximum Gasteiger partial charge on any atom is 0.130 e. The molecule has 2 aliphatic heterocycles. The third-order valence-electron chi connectivity index (χ3n) is 5.34. The van der Waals surface area contributed by atoms with E-state index in [0.717, 1.165) is 44.0 Å². The highest BCUT2D eigenvalue weighted by Crippen LogP contribution is 2.18. The minimum atomic E-state index is -0.391. The fourth-order valence-corrected chi connectivity index (χ4v) is 3.86. The molecule has 1 N–H and O–H groups in total. The van der Waals surface area contributed by atoms with Crippen LogP contribution >= 0.6 is 0 Å². The molecule has 29 heavy (non-hydrogen) atoms. The van der Waals surface area contributed by atoms with Crippen molar-refractivity contribution in [1.29, 1.82) is 0 Å². The number of ether oxygens (including phenoxy) is 1. The lowest BCUT2D eigenvalue weighted by atomic mass is 10.1. The van der Waals surface area contributed by atoms with E-state index in [4.69, 9.17) is 4.74 Å². The van der Waals surface area contributed by atoms with E-state index in [-0.39, 0.29) is 6.10 Å². The van der Waals surface area contributed by atoms with Gasteiger partial charge in [0.1, 0.15) is 11.9 Å². The Balaban J connectivity index is 1.30. The number of β-amino-alcohol motifs (C(OH)–C–C–N with tert-alkyl or cyclic N) is 1. The standard InChI is InChI=1S/C24H29N3O2/c28-22-8-4-14-27(18-22)17-21-16-23(10-12-25-21)29-24-9-5-13-26(19-24)15-11-20-6-2-1-3-7-20/h1-10,12,16,22,24,28H,11,13-15,17-19H2. The summed E-state index contributed by atoms with van der Waals surface area (Å²) in [6, 6.07) is 14.6. The number of aliphatic hydroxyl groups is 1. The van der Waals surface area contributed by atoms with Crippen LogP contribution in [0.25, 0.3) is 0 Å². The number of benzene rings is 1. The smallest absolute Gasteiger partial charge is 0.130 e. The van der Waals surface area contributed by atoms with Crippen molar-refractivity contribution >= 4 is 0 Å². The summed E-state index contributed by atoms with van der Waals surface area (Å²) in [6.45, 7) is 5.09. The second kappa shape index (κ2) is 9.83. The molecular formula is C24H29N3O2. The number of aromatic nitrogens is 1. The number of hydrogen-bond donors (Lipinski definition) is 1. The molecular weight excluding hydrogens is 362 g/mol. The molecule has 0 amide bonds. The Morgan fingerprint density at radius 1 is 1.00 bits per heavy atom. The monoisotopic (exact) mass is 391 g/mol. The molecule has 5 heteroatoms. The van der Waals surface area contributed by atoms with Gasteiger partial charge in [-0.1, -0.05) is 48.6 Å². The van der Waals surface area contributed by atoms with E-state index in [1.54, 1.807) is 6.20 Å². The predicted molar refractivity (Wildman–Crippen MR) is 115 cm³/mol. The van der Waals surface area contributed by atoms with Crippen LogP contribution in [-0.4, -0.2) is 64.8 Å². The first-order chi connectivity index (χ1) is 14.2. The lowest BCUT2D eigenvalue weighted by molar-refractivity contribution is 0.139. The first-order valence-corrected chi connectivity index (χ1v) is 10.4. The summed E-state index contributed by atoms with van der Waals surface area (Å²) in [5, 5.41) is 9.78. The van der Waals surface area contributed by atoms with Crippen molar-refractivity contribution < 1.29 is 9.84 Å². The molecule has 5 nitrogen and oxygen atoms in total. The van der Waals surface area contributed by atoms with Crippen molar-refractivity contribution in [3.05, 3.63) is 84.2 Å². The summed E-state index contributed by atoms with van der Waals surface area (Å²) < 4.78 is 6.24. The maximum absolute atomic E-state index is 9.78. The molecule has 0 radical (unpaired) electrons. The lowest BCUT2D eigenvalue weighted by Crippen LogP contribution is -2.39. The molecule has 3 heterocycles. The molecule has 0 saturated carbocycles. The van der Waals surface area contributed by atoms with E-state index in [1.807, 2.05) is 24.3 Å². The highest BCUT2D eigenvalue weighted by molar-refractivity contribution is 5.24. The third-order valence-corrected chi connectivity index (χ3v) is 5.34. The van der Waals surface area contributed by atoms with Gasteiger partial charge in [-0.15, -0.1) is 0 Å². The second-order valence-corrected chi connectivity index (χ2v) is 7.75. The van der Waals surface area contributed by atoms with E-state index < -0.39 is 6.10 Å². The van der Waals surface area contributed by atoms with Gasteiger partial charge >= 0.3 is 0 Å². The number of aliphatic hydroxyl groups excluding tert-OH is 1. The summed E-state index contributed by atoms with van der Waals surface area (Å²) in [5.41, 5.74) is 2.33. The zero-order valence-corrected chi connectivity index (χ0v) is 16.7. The minimum absolute atomic E-state index is 0.0505. The van der Waals surface area contributed by atoms with Gasteiger partial charge in [0, 0.05) is 51.5 Å². The van der Waals surface area contributed by atoms with Crippen molar-refractivity contribution in [3.8, 4) is 5.75 Å². The Kier molecular flexibility index (Phi) is 6.72. The molecule has 0 bridgehead atoms. The van der Waals surface area contributed by atoms with Crippen molar-refractivity contribution in [2.45, 2.75) is 25.2 Å². The van der Waals surface area contributed by atoms with Crippen molar-refractivity contribution in [1.82, 2.24) is 14.8 Å². The highest BCUT2D eigenvalue weighted by Gasteiger charge is 2.18. The molecule has 0 fully saturated rings. The SMILES string of the molecule is OC1C=CCN(Cc2cc(OC3C=CCN(CCc4ccccc4)C3)ccn2)C1. The largest absolute Gasteiger partial charge is 0.485 e. The number of hydrogen-bond acceptors (Lipinski definition) is 5. The molecule has 2 atom stereocenters. The molecule has 0 aliphatic carbocycles. The van der Waals surface area contributed by atoms with E-state index in [2.05, 4.69) is 57.3 Å². The Hall–Kier alpha value is -2.47. The van der Waals surface area contributed by atoms with Crippen molar-refractivity contribution in [2.75, 3.05) is 32.7 Å². The first kappa shape index (κ1) is 19.8. The third kappa shape index (κ3) is 6.00. The molecule has 2 aliphatic rings. The van der Waals surface area contributed by atoms with Gasteiger partial charge < -0.3 is 9.84 Å². The molecule has 152 valence electrons. The number of rotatable bonds is 7. The van der Waals surface area contributed by atoms with Gasteiger partial charge in [0.05, 0.1) is 11.8 Å². The zero-order chi connectivity index (χ0) is 19.9. The van der Waals surface area contributed by atoms with Crippen LogP contribution in [0.3, 0.4) is 0 Å². The van der Waals surface area contributed by atoms with Crippen LogP contribution < -0.4 is 4.74 Å². The molecule has 4 rings (SSSR count). The normalized spacial score (nSPS) is 22.7. The highest BCUT2D eigenvalue weighted by atomic mass is 16.5. The van der Waals surface area contributed by atoms with Crippen LogP contribution in [-0.2, 0) is 13.0 Å². The average molecular weight is 392 g/mol. The Labute approximate surface area is 172 Å². The Bertz CT molecular complexity index is 837.